The standard InChI is InChI=1S/C13H11N3O2/c1-18-9-3-4-10(13(17)7-9)8-2-5-11-12(6-8)15-16-14-11/h2-7,17H,1H3,(H,14,15,16). The maximum absolute atomic E-state index is 9.97. The van der Waals surface area contributed by atoms with Crippen molar-refractivity contribution >= 4 is 11.0 Å². The first kappa shape index (κ1) is 10.6. The molecule has 90 valence electrons. The quantitative estimate of drug-likeness (QED) is 0.722. The lowest BCUT2D eigenvalue weighted by molar-refractivity contribution is 0.408. The number of rotatable bonds is 2. The van der Waals surface area contributed by atoms with E-state index in [1.165, 1.54) is 0 Å². The summed E-state index contributed by atoms with van der Waals surface area (Å²) < 4.78 is 5.06. The molecule has 0 bridgehead atoms. The molecule has 1 aromatic heterocycles. The van der Waals surface area contributed by atoms with E-state index in [1.807, 2.05) is 30.3 Å². The van der Waals surface area contributed by atoms with Crippen molar-refractivity contribution in [2.24, 2.45) is 0 Å². The average Bonchev–Trinajstić information content (AvgIpc) is 2.85. The molecule has 0 amide bonds. The van der Waals surface area contributed by atoms with Gasteiger partial charge >= 0.3 is 0 Å². The van der Waals surface area contributed by atoms with Gasteiger partial charge in [-0.3, -0.25) is 0 Å². The van der Waals surface area contributed by atoms with Gasteiger partial charge in [0.15, 0.2) is 0 Å². The first-order chi connectivity index (χ1) is 8.78. The van der Waals surface area contributed by atoms with Gasteiger partial charge in [0.2, 0.25) is 0 Å². The van der Waals surface area contributed by atoms with Crippen LogP contribution in [-0.4, -0.2) is 27.6 Å². The average molecular weight is 241 g/mol. The van der Waals surface area contributed by atoms with Crippen molar-refractivity contribution in [3.8, 4) is 22.6 Å². The Labute approximate surface area is 103 Å². The Morgan fingerprint density at radius 3 is 2.67 bits per heavy atom. The van der Waals surface area contributed by atoms with E-state index in [2.05, 4.69) is 15.4 Å². The van der Waals surface area contributed by atoms with Gasteiger partial charge in [0.05, 0.1) is 7.11 Å². The number of benzene rings is 2. The summed E-state index contributed by atoms with van der Waals surface area (Å²) in [4.78, 5) is 0. The molecule has 0 fully saturated rings. The number of H-pyrrole nitrogens is 1. The van der Waals surface area contributed by atoms with Gasteiger partial charge in [0.1, 0.15) is 22.5 Å². The van der Waals surface area contributed by atoms with Crippen molar-refractivity contribution in [2.75, 3.05) is 7.11 Å². The number of methoxy groups -OCH3 is 1. The zero-order valence-corrected chi connectivity index (χ0v) is 9.71. The highest BCUT2D eigenvalue weighted by atomic mass is 16.5. The van der Waals surface area contributed by atoms with E-state index in [0.717, 1.165) is 22.2 Å². The fourth-order valence-electron chi connectivity index (χ4n) is 1.89. The molecule has 0 radical (unpaired) electrons. The predicted molar refractivity (Wildman–Crippen MR) is 67.5 cm³/mol. The van der Waals surface area contributed by atoms with Crippen LogP contribution >= 0.6 is 0 Å². The van der Waals surface area contributed by atoms with Crippen molar-refractivity contribution in [1.29, 1.82) is 0 Å². The maximum atomic E-state index is 9.97. The monoisotopic (exact) mass is 241 g/mol. The second kappa shape index (κ2) is 4.03. The van der Waals surface area contributed by atoms with Gasteiger partial charge < -0.3 is 9.84 Å². The second-order valence-corrected chi connectivity index (χ2v) is 3.91. The van der Waals surface area contributed by atoms with Crippen LogP contribution in [0.2, 0.25) is 0 Å². The second-order valence-electron chi connectivity index (χ2n) is 3.91. The predicted octanol–water partition coefficient (Wildman–Crippen LogP) is 2.34. The van der Waals surface area contributed by atoms with Crippen LogP contribution in [0.5, 0.6) is 11.5 Å². The van der Waals surface area contributed by atoms with Crippen LogP contribution in [0.25, 0.3) is 22.2 Å². The van der Waals surface area contributed by atoms with Gasteiger partial charge in [-0.15, -0.1) is 0 Å². The molecule has 0 unspecified atom stereocenters. The summed E-state index contributed by atoms with van der Waals surface area (Å²) in [6, 6.07) is 10.8. The fraction of sp³-hybridized carbons (Fsp3) is 0.0769. The molecule has 0 saturated heterocycles. The number of ether oxygens (including phenoxy) is 1. The normalized spacial score (nSPS) is 10.7. The van der Waals surface area contributed by atoms with Crippen LogP contribution in [0, 0.1) is 0 Å². The number of fused-ring (bicyclic) bond motifs is 1. The molecule has 0 saturated carbocycles. The van der Waals surface area contributed by atoms with Crippen LogP contribution < -0.4 is 4.74 Å². The number of aromatic amines is 1. The molecular formula is C13H11N3O2. The number of nitrogens with one attached hydrogen (secondary N) is 1. The zero-order valence-electron chi connectivity index (χ0n) is 9.71. The fourth-order valence-corrected chi connectivity index (χ4v) is 1.89. The molecule has 0 aliphatic heterocycles. The Hall–Kier alpha value is -2.56. The van der Waals surface area contributed by atoms with Crippen molar-refractivity contribution in [2.45, 2.75) is 0 Å². The van der Waals surface area contributed by atoms with Gasteiger partial charge in [0.25, 0.3) is 0 Å². The van der Waals surface area contributed by atoms with E-state index in [-0.39, 0.29) is 5.75 Å². The summed E-state index contributed by atoms with van der Waals surface area (Å²) in [5.41, 5.74) is 3.19. The number of phenolic OH excluding ortho intramolecular Hbond substituents is 1. The molecule has 2 aromatic carbocycles. The molecule has 0 aliphatic carbocycles. The molecule has 5 nitrogen and oxygen atoms in total. The molecule has 1 heterocycles. The minimum absolute atomic E-state index is 0.178. The van der Waals surface area contributed by atoms with E-state index in [0.29, 0.717) is 5.75 Å². The summed E-state index contributed by atoms with van der Waals surface area (Å²) in [6.45, 7) is 0. The molecule has 0 atom stereocenters. The van der Waals surface area contributed by atoms with Crippen molar-refractivity contribution in [1.82, 2.24) is 15.4 Å². The highest BCUT2D eigenvalue weighted by Gasteiger charge is 2.07. The van der Waals surface area contributed by atoms with Gasteiger partial charge in [-0.2, -0.15) is 15.4 Å². The Bertz CT molecular complexity index is 706. The van der Waals surface area contributed by atoms with Gasteiger partial charge in [-0.1, -0.05) is 6.07 Å². The minimum Gasteiger partial charge on any atom is -0.507 e. The molecule has 5 heteroatoms. The Balaban J connectivity index is 2.13. The lowest BCUT2D eigenvalue weighted by atomic mass is 10.0. The van der Waals surface area contributed by atoms with Crippen LogP contribution in [0.4, 0.5) is 0 Å². The van der Waals surface area contributed by atoms with Gasteiger partial charge in [0, 0.05) is 11.6 Å². The third kappa shape index (κ3) is 1.66. The van der Waals surface area contributed by atoms with Crippen molar-refractivity contribution < 1.29 is 9.84 Å². The number of aromatic nitrogens is 3. The number of phenols is 1. The largest absolute Gasteiger partial charge is 0.507 e. The number of aromatic hydroxyl groups is 1. The molecule has 18 heavy (non-hydrogen) atoms. The number of hydrogen-bond donors (Lipinski definition) is 2. The van der Waals surface area contributed by atoms with E-state index in [1.54, 1.807) is 13.2 Å². The first-order valence-electron chi connectivity index (χ1n) is 5.46. The summed E-state index contributed by atoms with van der Waals surface area (Å²) in [5, 5.41) is 20.6. The summed E-state index contributed by atoms with van der Waals surface area (Å²) >= 11 is 0. The van der Waals surface area contributed by atoms with Crippen molar-refractivity contribution in [3.63, 3.8) is 0 Å². The van der Waals surface area contributed by atoms with Crippen LogP contribution in [-0.2, 0) is 0 Å². The minimum atomic E-state index is 0.178. The first-order valence-corrected chi connectivity index (χ1v) is 5.46. The molecule has 3 aromatic rings. The Morgan fingerprint density at radius 1 is 1.06 bits per heavy atom. The highest BCUT2D eigenvalue weighted by Crippen LogP contribution is 2.33. The Morgan fingerprint density at radius 2 is 1.89 bits per heavy atom. The lowest BCUT2D eigenvalue weighted by Gasteiger charge is -2.06. The van der Waals surface area contributed by atoms with Crippen LogP contribution in [0.3, 0.4) is 0 Å². The molecule has 2 N–H and O–H groups in total. The van der Waals surface area contributed by atoms with E-state index in [9.17, 15) is 5.11 Å². The van der Waals surface area contributed by atoms with Crippen LogP contribution in [0.15, 0.2) is 36.4 Å². The van der Waals surface area contributed by atoms with Crippen LogP contribution in [0.1, 0.15) is 0 Å². The molecular weight excluding hydrogens is 230 g/mol. The highest BCUT2D eigenvalue weighted by molar-refractivity contribution is 5.82. The van der Waals surface area contributed by atoms with E-state index < -0.39 is 0 Å². The SMILES string of the molecule is COc1ccc(-c2ccc3n[nH]nc3c2)c(O)c1. The van der Waals surface area contributed by atoms with E-state index >= 15 is 0 Å². The topological polar surface area (TPSA) is 71.0 Å². The van der Waals surface area contributed by atoms with Crippen molar-refractivity contribution in [3.05, 3.63) is 36.4 Å². The lowest BCUT2D eigenvalue weighted by Crippen LogP contribution is -1.84. The maximum Gasteiger partial charge on any atom is 0.127 e. The van der Waals surface area contributed by atoms with Gasteiger partial charge in [-0.25, -0.2) is 0 Å². The smallest absolute Gasteiger partial charge is 0.127 e. The molecule has 0 aliphatic rings. The third-order valence-corrected chi connectivity index (χ3v) is 2.83. The summed E-state index contributed by atoms with van der Waals surface area (Å²) in [6.07, 6.45) is 0. The number of nitrogens with zero attached hydrogens (tertiary/aromatic N) is 2. The zero-order chi connectivity index (χ0) is 12.5. The van der Waals surface area contributed by atoms with E-state index in [4.69, 9.17) is 4.74 Å². The molecule has 0 spiro atoms. The molecule has 3 rings (SSSR count). The van der Waals surface area contributed by atoms with Gasteiger partial charge in [-0.05, 0) is 29.8 Å². The Kier molecular flexibility index (Phi) is 2.37. The summed E-state index contributed by atoms with van der Waals surface area (Å²) in [7, 11) is 1.57. The third-order valence-electron chi connectivity index (χ3n) is 2.83. The number of hydrogen-bond acceptors (Lipinski definition) is 4. The summed E-state index contributed by atoms with van der Waals surface area (Å²) in [5.74, 6) is 0.802.